The molecule has 1 saturated carbocycles. The Bertz CT molecular complexity index is 805. The summed E-state index contributed by atoms with van der Waals surface area (Å²) in [5, 5.41) is 0. The summed E-state index contributed by atoms with van der Waals surface area (Å²) < 4.78 is 7.37. The van der Waals surface area contributed by atoms with Crippen LogP contribution in [0.4, 0.5) is 0 Å². The molecule has 1 saturated heterocycles. The largest absolute Gasteiger partial charge is 0.497 e. The van der Waals surface area contributed by atoms with Gasteiger partial charge in [0.05, 0.1) is 18.2 Å². The molecular weight excluding hydrogens is 326 g/mol. The number of carbonyl (C=O) groups excluding carboxylic acids is 1. The molecule has 2 fully saturated rings. The van der Waals surface area contributed by atoms with Crippen molar-refractivity contribution < 1.29 is 9.53 Å². The van der Waals surface area contributed by atoms with E-state index in [1.165, 1.54) is 0 Å². The van der Waals surface area contributed by atoms with Gasteiger partial charge in [0.2, 0.25) is 5.91 Å². The monoisotopic (exact) mass is 353 g/mol. The second kappa shape index (κ2) is 6.45. The van der Waals surface area contributed by atoms with E-state index in [1.807, 2.05) is 31.2 Å². The maximum Gasteiger partial charge on any atom is 0.233 e. The van der Waals surface area contributed by atoms with Crippen LogP contribution in [0.3, 0.4) is 0 Å². The highest BCUT2D eigenvalue weighted by Gasteiger charge is 2.53. The topological polar surface area (TPSA) is 47.4 Å². The minimum atomic E-state index is -0.314. The van der Waals surface area contributed by atoms with Gasteiger partial charge in [0.25, 0.3) is 0 Å². The summed E-state index contributed by atoms with van der Waals surface area (Å²) in [6.07, 6.45) is 6.10. The summed E-state index contributed by atoms with van der Waals surface area (Å²) in [4.78, 5) is 20.1. The first-order valence-electron chi connectivity index (χ1n) is 9.47. The van der Waals surface area contributed by atoms with E-state index in [-0.39, 0.29) is 5.41 Å². The van der Waals surface area contributed by atoms with Gasteiger partial charge in [-0.2, -0.15) is 0 Å². The molecule has 2 heterocycles. The molecule has 1 atom stereocenters. The number of amides is 1. The van der Waals surface area contributed by atoms with E-state index in [0.717, 1.165) is 61.6 Å². The van der Waals surface area contributed by atoms with Crippen molar-refractivity contribution >= 4 is 5.91 Å². The zero-order valence-corrected chi connectivity index (χ0v) is 15.9. The Morgan fingerprint density at radius 3 is 2.58 bits per heavy atom. The van der Waals surface area contributed by atoms with Crippen molar-refractivity contribution in [1.82, 2.24) is 14.5 Å². The number of hydrogen-bond donors (Lipinski definition) is 0. The van der Waals surface area contributed by atoms with Crippen LogP contribution in [-0.4, -0.2) is 40.6 Å². The van der Waals surface area contributed by atoms with Gasteiger partial charge in [0.1, 0.15) is 11.6 Å². The molecule has 138 valence electrons. The number of benzene rings is 1. The lowest BCUT2D eigenvalue weighted by Gasteiger charge is -2.35. The molecule has 0 bridgehead atoms. The Morgan fingerprint density at radius 1 is 1.27 bits per heavy atom. The number of nitrogens with zero attached hydrogens (tertiary/aromatic N) is 3. The highest BCUT2D eigenvalue weighted by molar-refractivity contribution is 5.91. The van der Waals surface area contributed by atoms with E-state index in [2.05, 4.69) is 22.7 Å². The first kappa shape index (κ1) is 17.1. The molecule has 2 aliphatic rings. The number of carbonyl (C=O) groups is 1. The number of aryl methyl sites for hydroxylation is 2. The van der Waals surface area contributed by atoms with Crippen molar-refractivity contribution in [3.8, 4) is 5.75 Å². The molecule has 1 aliphatic carbocycles. The predicted molar refractivity (Wildman–Crippen MR) is 100 cm³/mol. The Labute approximate surface area is 155 Å². The van der Waals surface area contributed by atoms with Gasteiger partial charge in [0, 0.05) is 32.3 Å². The van der Waals surface area contributed by atoms with Crippen molar-refractivity contribution in [2.45, 2.75) is 43.9 Å². The van der Waals surface area contributed by atoms with Gasteiger partial charge in [-0.1, -0.05) is 12.1 Å². The summed E-state index contributed by atoms with van der Waals surface area (Å²) in [7, 11) is 3.72. The third-order valence-corrected chi connectivity index (χ3v) is 5.91. The molecule has 5 heteroatoms. The zero-order valence-electron chi connectivity index (χ0n) is 15.9. The molecule has 4 rings (SSSR count). The fourth-order valence-corrected chi connectivity index (χ4v) is 4.35. The molecule has 1 aliphatic heterocycles. The molecule has 0 spiro atoms. The van der Waals surface area contributed by atoms with Crippen LogP contribution < -0.4 is 4.74 Å². The van der Waals surface area contributed by atoms with Crippen molar-refractivity contribution in [3.05, 3.63) is 47.5 Å². The number of piperidine rings is 1. The van der Waals surface area contributed by atoms with Crippen molar-refractivity contribution in [2.75, 3.05) is 20.2 Å². The maximum atomic E-state index is 13.4. The zero-order chi connectivity index (χ0) is 18.3. The van der Waals surface area contributed by atoms with Gasteiger partial charge in [0.15, 0.2) is 0 Å². The van der Waals surface area contributed by atoms with Gasteiger partial charge in [-0.3, -0.25) is 4.79 Å². The van der Waals surface area contributed by atoms with Crippen LogP contribution in [0.5, 0.6) is 5.75 Å². The summed E-state index contributed by atoms with van der Waals surface area (Å²) in [6, 6.07) is 8.01. The Balaban J connectivity index is 1.53. The molecule has 1 amide bonds. The number of ether oxygens (including phenoxy) is 1. The van der Waals surface area contributed by atoms with E-state index in [4.69, 9.17) is 9.72 Å². The molecule has 1 unspecified atom stereocenters. The molecule has 2 aromatic rings. The van der Waals surface area contributed by atoms with Crippen LogP contribution in [0.1, 0.15) is 48.7 Å². The van der Waals surface area contributed by atoms with Gasteiger partial charge in [-0.25, -0.2) is 4.98 Å². The lowest BCUT2D eigenvalue weighted by Crippen LogP contribution is -2.44. The summed E-state index contributed by atoms with van der Waals surface area (Å²) in [6.45, 7) is 3.66. The van der Waals surface area contributed by atoms with E-state index >= 15 is 0 Å². The van der Waals surface area contributed by atoms with Crippen LogP contribution in [0.15, 0.2) is 30.5 Å². The predicted octanol–water partition coefficient (Wildman–Crippen LogP) is 3.17. The Hall–Kier alpha value is -2.30. The lowest BCUT2D eigenvalue weighted by molar-refractivity contribution is -0.135. The van der Waals surface area contributed by atoms with Gasteiger partial charge < -0.3 is 14.2 Å². The second-order valence-electron chi connectivity index (χ2n) is 7.75. The van der Waals surface area contributed by atoms with Crippen molar-refractivity contribution in [3.63, 3.8) is 0 Å². The smallest absolute Gasteiger partial charge is 0.233 e. The van der Waals surface area contributed by atoms with Gasteiger partial charge in [-0.05, 0) is 50.3 Å². The van der Waals surface area contributed by atoms with Crippen LogP contribution in [0, 0.1) is 6.92 Å². The average Bonchev–Trinajstić information content (AvgIpc) is 3.40. The average molecular weight is 353 g/mol. The minimum absolute atomic E-state index is 0.290. The molecule has 26 heavy (non-hydrogen) atoms. The van der Waals surface area contributed by atoms with Crippen LogP contribution in [0.25, 0.3) is 0 Å². The normalized spacial score (nSPS) is 21.5. The van der Waals surface area contributed by atoms with Crippen molar-refractivity contribution in [2.24, 2.45) is 7.05 Å². The number of hydrogen-bond acceptors (Lipinski definition) is 3. The summed E-state index contributed by atoms with van der Waals surface area (Å²) in [5.74, 6) is 2.56. The number of imidazole rings is 1. The minimum Gasteiger partial charge on any atom is -0.497 e. The molecule has 0 radical (unpaired) electrons. The number of rotatable bonds is 4. The van der Waals surface area contributed by atoms with Gasteiger partial charge in [-0.15, -0.1) is 0 Å². The van der Waals surface area contributed by atoms with Crippen LogP contribution >= 0.6 is 0 Å². The SMILES string of the molecule is COc1ccc(C2(C(=O)N3CCCC(c4nc(C)cn4C)C3)CC2)cc1. The molecule has 1 aromatic carbocycles. The van der Waals surface area contributed by atoms with E-state index < -0.39 is 0 Å². The third-order valence-electron chi connectivity index (χ3n) is 5.91. The molecule has 0 N–H and O–H groups in total. The first-order chi connectivity index (χ1) is 12.5. The van der Waals surface area contributed by atoms with Gasteiger partial charge >= 0.3 is 0 Å². The number of likely N-dealkylation sites (tertiary alicyclic amines) is 1. The Kier molecular flexibility index (Phi) is 4.25. The third kappa shape index (κ3) is 2.89. The number of methoxy groups -OCH3 is 1. The Morgan fingerprint density at radius 2 is 2.00 bits per heavy atom. The maximum absolute atomic E-state index is 13.4. The lowest BCUT2D eigenvalue weighted by atomic mass is 9.91. The standard InChI is InChI=1S/C21H27N3O2/c1-15-13-23(2)19(22-15)16-5-4-12-24(14-16)20(25)21(10-11-21)17-6-8-18(26-3)9-7-17/h6-9,13,16H,4-5,10-12,14H2,1-3H3. The fourth-order valence-electron chi connectivity index (χ4n) is 4.35. The molecular formula is C21H27N3O2. The highest BCUT2D eigenvalue weighted by Crippen LogP contribution is 2.50. The quantitative estimate of drug-likeness (QED) is 0.848. The number of aromatic nitrogens is 2. The molecule has 1 aromatic heterocycles. The van der Waals surface area contributed by atoms with Crippen LogP contribution in [0.2, 0.25) is 0 Å². The van der Waals surface area contributed by atoms with Crippen LogP contribution in [-0.2, 0) is 17.3 Å². The second-order valence-corrected chi connectivity index (χ2v) is 7.75. The first-order valence-corrected chi connectivity index (χ1v) is 9.47. The van der Waals surface area contributed by atoms with E-state index in [1.54, 1.807) is 7.11 Å². The summed E-state index contributed by atoms with van der Waals surface area (Å²) in [5.41, 5.74) is 1.85. The highest BCUT2D eigenvalue weighted by atomic mass is 16.5. The van der Waals surface area contributed by atoms with E-state index in [0.29, 0.717) is 11.8 Å². The van der Waals surface area contributed by atoms with Crippen molar-refractivity contribution in [1.29, 1.82) is 0 Å². The molecule has 5 nitrogen and oxygen atoms in total. The fraction of sp³-hybridized carbons (Fsp3) is 0.524. The van der Waals surface area contributed by atoms with E-state index in [9.17, 15) is 4.79 Å². The summed E-state index contributed by atoms with van der Waals surface area (Å²) >= 11 is 0.